The first kappa shape index (κ1) is 19.8. The number of ether oxygens (including phenoxy) is 3. The minimum Gasteiger partial charge on any atom is -0.394 e. The summed E-state index contributed by atoms with van der Waals surface area (Å²) < 4.78 is 17.1. The predicted octanol–water partition coefficient (Wildman–Crippen LogP) is 3.17. The number of hydrogen-bond acceptors (Lipinski definition) is 4. The van der Waals surface area contributed by atoms with E-state index in [4.69, 9.17) is 19.3 Å². The van der Waals surface area contributed by atoms with Crippen LogP contribution in [0.4, 0.5) is 0 Å². The van der Waals surface area contributed by atoms with Gasteiger partial charge < -0.3 is 19.3 Å². The third-order valence-electron chi connectivity index (χ3n) is 4.49. The van der Waals surface area contributed by atoms with E-state index in [1.165, 1.54) is 0 Å². The fourth-order valence-electron chi connectivity index (χ4n) is 2.28. The van der Waals surface area contributed by atoms with Gasteiger partial charge in [0.1, 0.15) is 0 Å². The minimum absolute atomic E-state index is 0.0535. The van der Waals surface area contributed by atoms with Gasteiger partial charge in [0.2, 0.25) is 0 Å². The number of rotatable bonds is 13. The molecule has 0 radical (unpaired) electrons. The molecule has 1 N–H and O–H groups in total. The lowest BCUT2D eigenvalue weighted by molar-refractivity contribution is -0.0924. The van der Waals surface area contributed by atoms with Crippen LogP contribution >= 0.6 is 0 Å². The highest BCUT2D eigenvalue weighted by atomic mass is 16.5. The van der Waals surface area contributed by atoms with Crippen molar-refractivity contribution in [2.75, 3.05) is 33.5 Å². The quantitative estimate of drug-likeness (QED) is 0.529. The van der Waals surface area contributed by atoms with Crippen molar-refractivity contribution >= 4 is 0 Å². The summed E-state index contributed by atoms with van der Waals surface area (Å²) in [7, 11) is 1.79. The molecule has 1 atom stereocenters. The zero-order chi connectivity index (χ0) is 15.5. The molecule has 0 saturated carbocycles. The summed E-state index contributed by atoms with van der Waals surface area (Å²) in [4.78, 5) is 0. The Morgan fingerprint density at radius 3 is 2.00 bits per heavy atom. The molecule has 4 heteroatoms. The van der Waals surface area contributed by atoms with E-state index in [0.29, 0.717) is 19.8 Å². The molecule has 0 amide bonds. The van der Waals surface area contributed by atoms with E-state index in [-0.39, 0.29) is 17.8 Å². The molecule has 0 fully saturated rings. The van der Waals surface area contributed by atoms with Crippen LogP contribution in [0.1, 0.15) is 59.8 Å². The fourth-order valence-corrected chi connectivity index (χ4v) is 2.28. The fraction of sp³-hybridized carbons (Fsp3) is 1.00. The Bertz CT molecular complexity index is 220. The molecule has 0 aliphatic carbocycles. The van der Waals surface area contributed by atoms with Crippen LogP contribution in [0.15, 0.2) is 0 Å². The molecule has 0 spiro atoms. The van der Waals surface area contributed by atoms with Gasteiger partial charge in [0.05, 0.1) is 31.0 Å². The Hall–Kier alpha value is -0.160. The Kier molecular flexibility index (Phi) is 10.5. The lowest BCUT2D eigenvalue weighted by atomic mass is 9.93. The topological polar surface area (TPSA) is 47.9 Å². The Balaban J connectivity index is 4.15. The first-order valence-corrected chi connectivity index (χ1v) is 7.89. The third kappa shape index (κ3) is 7.02. The van der Waals surface area contributed by atoms with Crippen molar-refractivity contribution in [1.29, 1.82) is 0 Å². The Labute approximate surface area is 124 Å². The van der Waals surface area contributed by atoms with Crippen LogP contribution in [0.2, 0.25) is 0 Å². The molecule has 0 bridgehead atoms. The van der Waals surface area contributed by atoms with Gasteiger partial charge in [-0.3, -0.25) is 0 Å². The molecule has 0 aliphatic heterocycles. The van der Waals surface area contributed by atoms with E-state index in [1.807, 2.05) is 0 Å². The van der Waals surface area contributed by atoms with Crippen LogP contribution in [-0.4, -0.2) is 49.8 Å². The average molecular weight is 290 g/mol. The molecule has 0 aromatic rings. The van der Waals surface area contributed by atoms with E-state index in [0.717, 1.165) is 32.1 Å². The highest BCUT2D eigenvalue weighted by Crippen LogP contribution is 2.26. The second kappa shape index (κ2) is 10.6. The maximum Gasteiger partial charge on any atom is 0.0697 e. The summed E-state index contributed by atoms with van der Waals surface area (Å²) in [5.41, 5.74) is -0.210. The summed E-state index contributed by atoms with van der Waals surface area (Å²) in [6.45, 7) is 10.4. The SMILES string of the molecule is CCC(C)(CCOCCO)OCCC(CC)(CC)OC. The number of aliphatic hydroxyl groups is 1. The van der Waals surface area contributed by atoms with Crippen molar-refractivity contribution in [3.05, 3.63) is 0 Å². The first-order valence-electron chi connectivity index (χ1n) is 7.89. The molecular formula is C16H34O4. The summed E-state index contributed by atoms with van der Waals surface area (Å²) in [5.74, 6) is 0. The molecule has 4 nitrogen and oxygen atoms in total. The van der Waals surface area contributed by atoms with Gasteiger partial charge in [0.15, 0.2) is 0 Å². The van der Waals surface area contributed by atoms with Crippen molar-refractivity contribution in [3.8, 4) is 0 Å². The molecule has 1 unspecified atom stereocenters. The van der Waals surface area contributed by atoms with Gasteiger partial charge in [-0.25, -0.2) is 0 Å². The Morgan fingerprint density at radius 1 is 0.900 bits per heavy atom. The monoisotopic (exact) mass is 290 g/mol. The standard InChI is InChI=1S/C16H34O4/c1-6-15(4,9-12-19-14-11-17)20-13-10-16(7-2,8-3)18-5/h17H,6-14H2,1-5H3. The molecule has 0 aromatic carbocycles. The lowest BCUT2D eigenvalue weighted by Gasteiger charge is -2.34. The zero-order valence-electron chi connectivity index (χ0n) is 14.0. The first-order chi connectivity index (χ1) is 9.51. The normalized spacial score (nSPS) is 15.3. The van der Waals surface area contributed by atoms with Crippen LogP contribution in [-0.2, 0) is 14.2 Å². The van der Waals surface area contributed by atoms with Crippen LogP contribution in [0.5, 0.6) is 0 Å². The van der Waals surface area contributed by atoms with Crippen molar-refractivity contribution in [3.63, 3.8) is 0 Å². The van der Waals surface area contributed by atoms with E-state index in [1.54, 1.807) is 7.11 Å². The third-order valence-corrected chi connectivity index (χ3v) is 4.49. The van der Waals surface area contributed by atoms with Crippen molar-refractivity contribution < 1.29 is 19.3 Å². The highest BCUT2D eigenvalue weighted by Gasteiger charge is 2.28. The van der Waals surface area contributed by atoms with Crippen molar-refractivity contribution in [2.24, 2.45) is 0 Å². The molecule has 0 rings (SSSR count). The smallest absolute Gasteiger partial charge is 0.0697 e. The molecule has 0 aromatic heterocycles. The van der Waals surface area contributed by atoms with Gasteiger partial charge in [-0.05, 0) is 39.0 Å². The summed E-state index contributed by atoms with van der Waals surface area (Å²) >= 11 is 0. The van der Waals surface area contributed by atoms with E-state index >= 15 is 0 Å². The molecule has 0 heterocycles. The molecular weight excluding hydrogens is 256 g/mol. The van der Waals surface area contributed by atoms with E-state index in [9.17, 15) is 0 Å². The van der Waals surface area contributed by atoms with Crippen molar-refractivity contribution in [2.45, 2.75) is 71.0 Å². The van der Waals surface area contributed by atoms with Gasteiger partial charge in [-0.15, -0.1) is 0 Å². The van der Waals surface area contributed by atoms with Gasteiger partial charge in [0, 0.05) is 13.7 Å². The van der Waals surface area contributed by atoms with Crippen LogP contribution in [0, 0.1) is 0 Å². The molecule has 122 valence electrons. The number of methoxy groups -OCH3 is 1. The maximum absolute atomic E-state index is 8.70. The zero-order valence-corrected chi connectivity index (χ0v) is 14.0. The van der Waals surface area contributed by atoms with E-state index < -0.39 is 0 Å². The Morgan fingerprint density at radius 2 is 1.55 bits per heavy atom. The average Bonchev–Trinajstić information content (AvgIpc) is 2.49. The summed E-state index contributed by atoms with van der Waals surface area (Å²) in [6, 6.07) is 0. The van der Waals surface area contributed by atoms with Gasteiger partial charge >= 0.3 is 0 Å². The lowest BCUT2D eigenvalue weighted by Crippen LogP contribution is -2.35. The minimum atomic E-state index is -0.156. The molecule has 20 heavy (non-hydrogen) atoms. The number of aliphatic hydroxyl groups excluding tert-OH is 1. The summed E-state index contributed by atoms with van der Waals surface area (Å²) in [5, 5.41) is 8.70. The largest absolute Gasteiger partial charge is 0.394 e. The summed E-state index contributed by atoms with van der Waals surface area (Å²) in [6.07, 6.45) is 4.73. The molecule has 0 saturated heterocycles. The van der Waals surface area contributed by atoms with E-state index in [2.05, 4.69) is 27.7 Å². The second-order valence-corrected chi connectivity index (χ2v) is 5.58. The molecule has 0 aliphatic rings. The van der Waals surface area contributed by atoms with Crippen molar-refractivity contribution in [1.82, 2.24) is 0 Å². The van der Waals surface area contributed by atoms with Crippen LogP contribution < -0.4 is 0 Å². The highest BCUT2D eigenvalue weighted by molar-refractivity contribution is 4.79. The second-order valence-electron chi connectivity index (χ2n) is 5.58. The van der Waals surface area contributed by atoms with Gasteiger partial charge in [-0.1, -0.05) is 20.8 Å². The van der Waals surface area contributed by atoms with Crippen LogP contribution in [0.3, 0.4) is 0 Å². The predicted molar refractivity (Wildman–Crippen MR) is 82.1 cm³/mol. The van der Waals surface area contributed by atoms with Gasteiger partial charge in [0.25, 0.3) is 0 Å². The number of hydrogen-bond donors (Lipinski definition) is 1. The maximum atomic E-state index is 8.70. The van der Waals surface area contributed by atoms with Crippen LogP contribution in [0.25, 0.3) is 0 Å². The van der Waals surface area contributed by atoms with Gasteiger partial charge in [-0.2, -0.15) is 0 Å².